The van der Waals surface area contributed by atoms with Gasteiger partial charge in [-0.25, -0.2) is 13.8 Å². The Morgan fingerprint density at radius 1 is 1.28 bits per heavy atom. The molecule has 1 aliphatic carbocycles. The standard InChI is InChI=1S/C19H18F2N2OS/c20-16-11-13(12-17(21)18(16)24-10-2-1-8-22)15-7-4-9-23-19(15)25-14-5-3-6-14/h4,7,9,11-12,14H,1-3,5-6,10H2. The molecular weight excluding hydrogens is 342 g/mol. The van der Waals surface area contributed by atoms with Gasteiger partial charge in [0, 0.05) is 23.4 Å². The molecule has 6 heteroatoms. The SMILES string of the molecule is N#CCCCOc1c(F)cc(-c2cccnc2SC2CCC2)cc1F. The molecule has 0 bridgehead atoms. The van der Waals surface area contributed by atoms with E-state index in [9.17, 15) is 8.78 Å². The molecule has 0 N–H and O–H groups in total. The number of aromatic nitrogens is 1. The second-order valence-corrected chi connectivity index (χ2v) is 7.20. The van der Waals surface area contributed by atoms with Gasteiger partial charge in [0.1, 0.15) is 5.03 Å². The van der Waals surface area contributed by atoms with E-state index in [4.69, 9.17) is 10.00 Å². The van der Waals surface area contributed by atoms with Gasteiger partial charge < -0.3 is 4.74 Å². The lowest BCUT2D eigenvalue weighted by atomic mass is 10.00. The predicted molar refractivity (Wildman–Crippen MR) is 93.4 cm³/mol. The van der Waals surface area contributed by atoms with Crippen molar-refractivity contribution in [2.75, 3.05) is 6.61 Å². The van der Waals surface area contributed by atoms with Gasteiger partial charge in [-0.1, -0.05) is 12.5 Å². The minimum atomic E-state index is -0.740. The van der Waals surface area contributed by atoms with Crippen molar-refractivity contribution in [2.45, 2.75) is 42.4 Å². The second-order valence-electron chi connectivity index (χ2n) is 5.91. The number of ether oxygens (including phenoxy) is 1. The summed E-state index contributed by atoms with van der Waals surface area (Å²) in [6.07, 6.45) is 5.95. The molecule has 1 aliphatic rings. The summed E-state index contributed by atoms with van der Waals surface area (Å²) in [5.74, 6) is -1.87. The lowest BCUT2D eigenvalue weighted by Gasteiger charge is -2.25. The molecule has 0 unspecified atom stereocenters. The molecule has 3 nitrogen and oxygen atoms in total. The highest BCUT2D eigenvalue weighted by Crippen LogP contribution is 2.40. The van der Waals surface area contributed by atoms with E-state index in [1.165, 1.54) is 18.6 Å². The van der Waals surface area contributed by atoms with Crippen LogP contribution in [0.25, 0.3) is 11.1 Å². The third-order valence-electron chi connectivity index (χ3n) is 4.09. The van der Waals surface area contributed by atoms with Gasteiger partial charge in [-0.3, -0.25) is 0 Å². The number of unbranched alkanes of at least 4 members (excludes halogenated alkanes) is 1. The Kier molecular flexibility index (Phi) is 5.87. The zero-order valence-electron chi connectivity index (χ0n) is 13.7. The van der Waals surface area contributed by atoms with Gasteiger partial charge in [0.2, 0.25) is 0 Å². The van der Waals surface area contributed by atoms with Crippen molar-refractivity contribution in [3.8, 4) is 22.9 Å². The fraction of sp³-hybridized carbons (Fsp3) is 0.368. The molecule has 3 rings (SSSR count). The molecule has 0 spiro atoms. The Morgan fingerprint density at radius 2 is 2.04 bits per heavy atom. The Balaban J connectivity index is 1.82. The van der Waals surface area contributed by atoms with Crippen LogP contribution < -0.4 is 4.74 Å². The van der Waals surface area contributed by atoms with Crippen LogP contribution in [0.15, 0.2) is 35.5 Å². The van der Waals surface area contributed by atoms with E-state index in [0.29, 0.717) is 23.7 Å². The van der Waals surface area contributed by atoms with Gasteiger partial charge in [0.15, 0.2) is 17.4 Å². The van der Waals surface area contributed by atoms with Crippen LogP contribution >= 0.6 is 11.8 Å². The number of nitriles is 1. The summed E-state index contributed by atoms with van der Waals surface area (Å²) < 4.78 is 33.8. The summed E-state index contributed by atoms with van der Waals surface area (Å²) in [7, 11) is 0. The maximum Gasteiger partial charge on any atom is 0.190 e. The molecule has 1 fully saturated rings. The number of benzene rings is 1. The Hall–Kier alpha value is -2.13. The molecule has 0 amide bonds. The minimum absolute atomic E-state index is 0.108. The Bertz CT molecular complexity index is 764. The summed E-state index contributed by atoms with van der Waals surface area (Å²) in [6.45, 7) is 0.108. The lowest BCUT2D eigenvalue weighted by molar-refractivity contribution is 0.281. The molecule has 0 radical (unpaired) electrons. The molecule has 0 aliphatic heterocycles. The van der Waals surface area contributed by atoms with Crippen LogP contribution in [0.4, 0.5) is 8.78 Å². The van der Waals surface area contributed by atoms with Gasteiger partial charge in [-0.2, -0.15) is 5.26 Å². The molecule has 1 saturated carbocycles. The van der Waals surface area contributed by atoms with Crippen molar-refractivity contribution in [1.82, 2.24) is 4.98 Å². The van der Waals surface area contributed by atoms with Crippen molar-refractivity contribution in [2.24, 2.45) is 0 Å². The Morgan fingerprint density at radius 3 is 2.68 bits per heavy atom. The number of nitrogens with zero attached hydrogens (tertiary/aromatic N) is 2. The average molecular weight is 360 g/mol. The molecule has 1 aromatic carbocycles. The number of hydrogen-bond acceptors (Lipinski definition) is 4. The number of thioether (sulfide) groups is 1. The zero-order chi connectivity index (χ0) is 17.6. The first-order chi connectivity index (χ1) is 12.2. The lowest BCUT2D eigenvalue weighted by Crippen LogP contribution is -2.13. The van der Waals surface area contributed by atoms with E-state index in [2.05, 4.69) is 4.98 Å². The van der Waals surface area contributed by atoms with Crippen LogP contribution in [0.3, 0.4) is 0 Å². The topological polar surface area (TPSA) is 45.9 Å². The van der Waals surface area contributed by atoms with Crippen LogP contribution in [-0.4, -0.2) is 16.8 Å². The van der Waals surface area contributed by atoms with Crippen molar-refractivity contribution in [3.63, 3.8) is 0 Å². The van der Waals surface area contributed by atoms with E-state index in [1.807, 2.05) is 12.1 Å². The second kappa shape index (κ2) is 8.30. The van der Waals surface area contributed by atoms with Crippen LogP contribution in [-0.2, 0) is 0 Å². The molecule has 1 heterocycles. The summed E-state index contributed by atoms with van der Waals surface area (Å²) in [6, 6.07) is 8.13. The van der Waals surface area contributed by atoms with E-state index in [0.717, 1.165) is 23.4 Å². The van der Waals surface area contributed by atoms with Crippen LogP contribution in [0, 0.1) is 23.0 Å². The van der Waals surface area contributed by atoms with Gasteiger partial charge in [-0.05, 0) is 43.0 Å². The van der Waals surface area contributed by atoms with E-state index >= 15 is 0 Å². The predicted octanol–water partition coefficient (Wildman–Crippen LogP) is 5.35. The molecular formula is C19H18F2N2OS. The molecule has 2 aromatic rings. The van der Waals surface area contributed by atoms with Crippen molar-refractivity contribution in [1.29, 1.82) is 5.26 Å². The summed E-state index contributed by atoms with van der Waals surface area (Å²) in [4.78, 5) is 4.38. The third kappa shape index (κ3) is 4.29. The highest BCUT2D eigenvalue weighted by atomic mass is 32.2. The minimum Gasteiger partial charge on any atom is -0.488 e. The summed E-state index contributed by atoms with van der Waals surface area (Å²) in [5, 5.41) is 9.82. The number of halogens is 2. The van der Waals surface area contributed by atoms with Crippen molar-refractivity contribution >= 4 is 11.8 Å². The van der Waals surface area contributed by atoms with Crippen LogP contribution in [0.2, 0.25) is 0 Å². The van der Waals surface area contributed by atoms with Gasteiger partial charge in [0.05, 0.1) is 12.7 Å². The average Bonchev–Trinajstić information content (AvgIpc) is 2.57. The molecule has 0 saturated heterocycles. The normalized spacial score (nSPS) is 14.0. The quantitative estimate of drug-likeness (QED) is 0.624. The summed E-state index contributed by atoms with van der Waals surface area (Å²) >= 11 is 1.67. The van der Waals surface area contributed by atoms with E-state index < -0.39 is 17.4 Å². The fourth-order valence-corrected chi connectivity index (χ4v) is 3.85. The first-order valence-electron chi connectivity index (χ1n) is 8.30. The van der Waals surface area contributed by atoms with E-state index in [1.54, 1.807) is 24.0 Å². The zero-order valence-corrected chi connectivity index (χ0v) is 14.5. The Labute approximate surface area is 150 Å². The number of pyridine rings is 1. The number of rotatable bonds is 7. The monoisotopic (exact) mass is 360 g/mol. The maximum atomic E-state index is 14.3. The molecule has 25 heavy (non-hydrogen) atoms. The first kappa shape index (κ1) is 17.7. The first-order valence-corrected chi connectivity index (χ1v) is 9.18. The van der Waals surface area contributed by atoms with Crippen LogP contribution in [0.5, 0.6) is 5.75 Å². The highest BCUT2D eigenvalue weighted by Gasteiger charge is 2.22. The maximum absolute atomic E-state index is 14.3. The molecule has 0 atom stereocenters. The van der Waals surface area contributed by atoms with Crippen molar-refractivity contribution < 1.29 is 13.5 Å². The van der Waals surface area contributed by atoms with Crippen LogP contribution in [0.1, 0.15) is 32.1 Å². The molecule has 130 valence electrons. The van der Waals surface area contributed by atoms with Crippen molar-refractivity contribution in [3.05, 3.63) is 42.1 Å². The van der Waals surface area contributed by atoms with Gasteiger partial charge >= 0.3 is 0 Å². The smallest absolute Gasteiger partial charge is 0.190 e. The van der Waals surface area contributed by atoms with Gasteiger partial charge in [-0.15, -0.1) is 11.8 Å². The number of hydrogen-bond donors (Lipinski definition) is 0. The largest absolute Gasteiger partial charge is 0.488 e. The van der Waals surface area contributed by atoms with Gasteiger partial charge in [0.25, 0.3) is 0 Å². The van der Waals surface area contributed by atoms with E-state index in [-0.39, 0.29) is 6.61 Å². The third-order valence-corrected chi connectivity index (χ3v) is 5.44. The molecule has 1 aromatic heterocycles. The fourth-order valence-electron chi connectivity index (χ4n) is 2.53. The summed E-state index contributed by atoms with van der Waals surface area (Å²) in [5.41, 5.74) is 1.18. The highest BCUT2D eigenvalue weighted by molar-refractivity contribution is 8.00.